The van der Waals surface area contributed by atoms with E-state index >= 15 is 0 Å². The molecule has 0 saturated carbocycles. The van der Waals surface area contributed by atoms with Gasteiger partial charge in [0.25, 0.3) is 0 Å². The van der Waals surface area contributed by atoms with Crippen molar-refractivity contribution in [3.63, 3.8) is 0 Å². The van der Waals surface area contributed by atoms with Crippen molar-refractivity contribution in [2.75, 3.05) is 0 Å². The van der Waals surface area contributed by atoms with Crippen molar-refractivity contribution in [2.45, 2.75) is 19.6 Å². The fourth-order valence-corrected chi connectivity index (χ4v) is 1.53. The molecule has 1 heterocycles. The molecule has 0 bridgehead atoms. The average molecular weight is 251 g/mol. The molecule has 1 aromatic heterocycles. The number of hydrogen-bond acceptors (Lipinski definition) is 5. The van der Waals surface area contributed by atoms with E-state index in [0.29, 0.717) is 17.1 Å². The molecule has 0 aliphatic carbocycles. The van der Waals surface area contributed by atoms with Gasteiger partial charge in [-0.2, -0.15) is 4.80 Å². The van der Waals surface area contributed by atoms with Crippen molar-refractivity contribution in [2.24, 2.45) is 12.8 Å². The molecule has 7 heteroatoms. The molecule has 0 radical (unpaired) electrons. The lowest BCUT2D eigenvalue weighted by Crippen LogP contribution is -2.09. The minimum Gasteiger partial charge on any atom is -0.485 e. The van der Waals surface area contributed by atoms with Crippen LogP contribution in [0.3, 0.4) is 0 Å². The van der Waals surface area contributed by atoms with Crippen molar-refractivity contribution in [1.82, 2.24) is 20.2 Å². The summed E-state index contributed by atoms with van der Waals surface area (Å²) >= 11 is 0. The van der Waals surface area contributed by atoms with Gasteiger partial charge in [0.2, 0.25) is 5.82 Å². The summed E-state index contributed by atoms with van der Waals surface area (Å²) in [6, 6.07) is 3.92. The maximum Gasteiger partial charge on any atom is 0.212 e. The van der Waals surface area contributed by atoms with Gasteiger partial charge < -0.3 is 10.5 Å². The zero-order valence-corrected chi connectivity index (χ0v) is 10.2. The number of halogens is 1. The quantitative estimate of drug-likeness (QED) is 0.875. The number of hydrogen-bond donors (Lipinski definition) is 1. The van der Waals surface area contributed by atoms with Crippen LogP contribution in [0.1, 0.15) is 24.4 Å². The average Bonchev–Trinajstić information content (AvgIpc) is 2.73. The van der Waals surface area contributed by atoms with Crippen molar-refractivity contribution in [1.29, 1.82) is 0 Å². The van der Waals surface area contributed by atoms with Gasteiger partial charge >= 0.3 is 0 Å². The standard InChI is InChI=1S/C11H14FN5O/c1-7(13)9-5-8(12)3-4-10(9)18-6-11-14-16-17(2)15-11/h3-5,7H,6,13H2,1-2H3/t7-/m1/s1. The molecule has 0 fully saturated rings. The molecule has 0 saturated heterocycles. The molecule has 0 spiro atoms. The molecule has 1 aromatic carbocycles. The smallest absolute Gasteiger partial charge is 0.212 e. The first kappa shape index (κ1) is 12.4. The highest BCUT2D eigenvalue weighted by atomic mass is 19.1. The van der Waals surface area contributed by atoms with E-state index in [9.17, 15) is 4.39 Å². The summed E-state index contributed by atoms with van der Waals surface area (Å²) in [6.45, 7) is 1.93. The highest BCUT2D eigenvalue weighted by molar-refractivity contribution is 5.36. The summed E-state index contributed by atoms with van der Waals surface area (Å²) in [5.41, 5.74) is 6.37. The first-order chi connectivity index (χ1) is 8.56. The summed E-state index contributed by atoms with van der Waals surface area (Å²) in [7, 11) is 1.67. The van der Waals surface area contributed by atoms with E-state index in [0.717, 1.165) is 0 Å². The molecule has 2 rings (SSSR count). The zero-order chi connectivity index (χ0) is 13.1. The van der Waals surface area contributed by atoms with Gasteiger partial charge in [-0.3, -0.25) is 0 Å². The Balaban J connectivity index is 2.13. The van der Waals surface area contributed by atoms with Crippen LogP contribution >= 0.6 is 0 Å². The van der Waals surface area contributed by atoms with E-state index in [-0.39, 0.29) is 18.5 Å². The number of nitrogens with two attached hydrogens (primary N) is 1. The number of rotatable bonds is 4. The Bertz CT molecular complexity index is 540. The van der Waals surface area contributed by atoms with Crippen LogP contribution in [-0.2, 0) is 13.7 Å². The first-order valence-corrected chi connectivity index (χ1v) is 5.47. The predicted molar refractivity (Wildman–Crippen MR) is 62.1 cm³/mol. The summed E-state index contributed by atoms with van der Waals surface area (Å²) in [5, 5.41) is 11.5. The summed E-state index contributed by atoms with van der Waals surface area (Å²) in [5.74, 6) is 0.642. The maximum atomic E-state index is 13.1. The lowest BCUT2D eigenvalue weighted by Gasteiger charge is -2.12. The van der Waals surface area contributed by atoms with Crippen molar-refractivity contribution in [3.05, 3.63) is 35.4 Å². The van der Waals surface area contributed by atoms with Crippen LogP contribution in [0, 0.1) is 5.82 Å². The van der Waals surface area contributed by atoms with Crippen molar-refractivity contribution in [3.8, 4) is 5.75 Å². The van der Waals surface area contributed by atoms with Crippen LogP contribution in [0.4, 0.5) is 4.39 Å². The number of ether oxygens (including phenoxy) is 1. The minimum absolute atomic E-state index is 0.166. The van der Waals surface area contributed by atoms with Gasteiger partial charge in [-0.05, 0) is 30.3 Å². The van der Waals surface area contributed by atoms with Crippen LogP contribution in [0.15, 0.2) is 18.2 Å². The highest BCUT2D eigenvalue weighted by Crippen LogP contribution is 2.25. The van der Waals surface area contributed by atoms with E-state index in [4.69, 9.17) is 10.5 Å². The van der Waals surface area contributed by atoms with Gasteiger partial charge in [-0.1, -0.05) is 0 Å². The number of aromatic nitrogens is 4. The molecule has 18 heavy (non-hydrogen) atoms. The first-order valence-electron chi connectivity index (χ1n) is 5.47. The summed E-state index contributed by atoms with van der Waals surface area (Å²) in [6.07, 6.45) is 0. The summed E-state index contributed by atoms with van der Waals surface area (Å²) in [4.78, 5) is 1.34. The zero-order valence-electron chi connectivity index (χ0n) is 10.2. The Labute approximate surface area is 104 Å². The number of benzene rings is 1. The Morgan fingerprint density at radius 2 is 2.28 bits per heavy atom. The summed E-state index contributed by atoms with van der Waals surface area (Å²) < 4.78 is 18.7. The third-order valence-electron chi connectivity index (χ3n) is 2.37. The predicted octanol–water partition coefficient (Wildman–Crippen LogP) is 0.948. The third-order valence-corrected chi connectivity index (χ3v) is 2.37. The van der Waals surface area contributed by atoms with E-state index in [1.165, 1.54) is 16.9 Å². The molecular formula is C11H14FN5O. The molecule has 0 unspecified atom stereocenters. The highest BCUT2D eigenvalue weighted by Gasteiger charge is 2.11. The van der Waals surface area contributed by atoms with Crippen LogP contribution < -0.4 is 10.5 Å². The molecule has 2 aromatic rings. The lowest BCUT2D eigenvalue weighted by atomic mass is 10.1. The topological polar surface area (TPSA) is 78.9 Å². The van der Waals surface area contributed by atoms with Crippen LogP contribution in [0.5, 0.6) is 5.75 Å². The number of nitrogens with zero attached hydrogens (tertiary/aromatic N) is 4. The van der Waals surface area contributed by atoms with Gasteiger partial charge in [0.15, 0.2) is 6.61 Å². The fourth-order valence-electron chi connectivity index (χ4n) is 1.53. The van der Waals surface area contributed by atoms with Gasteiger partial charge in [0.05, 0.1) is 7.05 Å². The Morgan fingerprint density at radius 3 is 2.89 bits per heavy atom. The van der Waals surface area contributed by atoms with Crippen molar-refractivity contribution >= 4 is 0 Å². The van der Waals surface area contributed by atoms with E-state index in [1.807, 2.05) is 0 Å². The molecule has 6 nitrogen and oxygen atoms in total. The third kappa shape index (κ3) is 2.80. The molecule has 0 amide bonds. The second kappa shape index (κ2) is 5.09. The van der Waals surface area contributed by atoms with Gasteiger partial charge in [-0.15, -0.1) is 10.2 Å². The second-order valence-electron chi connectivity index (χ2n) is 3.95. The largest absolute Gasteiger partial charge is 0.485 e. The molecule has 2 N–H and O–H groups in total. The van der Waals surface area contributed by atoms with Gasteiger partial charge in [-0.25, -0.2) is 4.39 Å². The monoisotopic (exact) mass is 251 g/mol. The number of aryl methyl sites for hydroxylation is 1. The lowest BCUT2D eigenvalue weighted by molar-refractivity contribution is 0.290. The fraction of sp³-hybridized carbons (Fsp3) is 0.364. The SMILES string of the molecule is C[C@@H](N)c1cc(F)ccc1OCc1nnn(C)n1. The Kier molecular flexibility index (Phi) is 3.52. The molecule has 0 aliphatic rings. The van der Waals surface area contributed by atoms with E-state index in [2.05, 4.69) is 15.4 Å². The number of tetrazole rings is 1. The van der Waals surface area contributed by atoms with Crippen molar-refractivity contribution < 1.29 is 9.13 Å². The Hall–Kier alpha value is -2.02. The van der Waals surface area contributed by atoms with Gasteiger partial charge in [0, 0.05) is 11.6 Å². The minimum atomic E-state index is -0.340. The maximum absolute atomic E-state index is 13.1. The molecular weight excluding hydrogens is 237 g/mol. The van der Waals surface area contributed by atoms with Crippen LogP contribution in [-0.4, -0.2) is 20.2 Å². The van der Waals surface area contributed by atoms with E-state index < -0.39 is 0 Å². The molecule has 0 aliphatic heterocycles. The van der Waals surface area contributed by atoms with E-state index in [1.54, 1.807) is 20.0 Å². The Morgan fingerprint density at radius 1 is 1.50 bits per heavy atom. The molecule has 1 atom stereocenters. The second-order valence-corrected chi connectivity index (χ2v) is 3.95. The van der Waals surface area contributed by atoms with Crippen LogP contribution in [0.25, 0.3) is 0 Å². The van der Waals surface area contributed by atoms with Crippen LogP contribution in [0.2, 0.25) is 0 Å². The molecule has 96 valence electrons. The van der Waals surface area contributed by atoms with Gasteiger partial charge in [0.1, 0.15) is 11.6 Å². The normalized spacial score (nSPS) is 12.4.